The Balaban J connectivity index is 1.26. The molecule has 30 heavy (non-hydrogen) atoms. The molecule has 3 saturated carbocycles. The Morgan fingerprint density at radius 1 is 1.30 bits per heavy atom. The zero-order valence-electron chi connectivity index (χ0n) is 17.9. The van der Waals surface area contributed by atoms with E-state index in [1.165, 1.54) is 19.3 Å². The number of carbonyl (C=O) groups excluding carboxylic acids is 2. The second-order valence-corrected chi connectivity index (χ2v) is 10.00. The molecule has 0 unspecified atom stereocenters. The molecule has 1 spiro atoms. The van der Waals surface area contributed by atoms with Crippen LogP contribution < -0.4 is 16.0 Å². The van der Waals surface area contributed by atoms with E-state index in [-0.39, 0.29) is 29.1 Å². The highest BCUT2D eigenvalue weighted by atomic mass is 16.2. The number of nitrogens with one attached hydrogen (secondary N) is 3. The standard InChI is InChI=1S/C23H33N5O2/c1-22-8-7-16(14-18(22)21(30)25-10-13-28-11-3-2-4-12-28)23(15-22)26-19-17(20(29)27-23)6-5-9-24-19/h5-6,9,16,18H,2-4,7-8,10-15H2,1H3,(H,24,26)(H,25,30)(H,27,29)/t16-,18-,22-,23+/m0/s1. The average molecular weight is 412 g/mol. The van der Waals surface area contributed by atoms with Gasteiger partial charge in [0.15, 0.2) is 0 Å². The van der Waals surface area contributed by atoms with E-state index in [9.17, 15) is 9.59 Å². The van der Waals surface area contributed by atoms with Gasteiger partial charge in [-0.15, -0.1) is 0 Å². The lowest BCUT2D eigenvalue weighted by Gasteiger charge is -2.60. The summed E-state index contributed by atoms with van der Waals surface area (Å²) in [5, 5.41) is 10.1. The maximum atomic E-state index is 13.1. The van der Waals surface area contributed by atoms with Crippen molar-refractivity contribution >= 4 is 17.6 Å². The van der Waals surface area contributed by atoms with Crippen molar-refractivity contribution in [2.24, 2.45) is 17.3 Å². The minimum absolute atomic E-state index is 0.00654. The van der Waals surface area contributed by atoms with Gasteiger partial charge in [0.25, 0.3) is 5.91 Å². The van der Waals surface area contributed by atoms with Crippen molar-refractivity contribution in [3.63, 3.8) is 0 Å². The highest BCUT2D eigenvalue weighted by Crippen LogP contribution is 2.58. The summed E-state index contributed by atoms with van der Waals surface area (Å²) in [5.41, 5.74) is -0.0197. The van der Waals surface area contributed by atoms with Crippen molar-refractivity contribution < 1.29 is 9.59 Å². The molecule has 4 fully saturated rings. The van der Waals surface area contributed by atoms with Gasteiger partial charge in [0.2, 0.25) is 5.91 Å². The van der Waals surface area contributed by atoms with E-state index in [1.807, 2.05) is 0 Å². The molecule has 3 aliphatic carbocycles. The summed E-state index contributed by atoms with van der Waals surface area (Å²) in [5.74, 6) is 1.04. The van der Waals surface area contributed by atoms with Gasteiger partial charge in [-0.1, -0.05) is 13.3 Å². The number of hydrogen-bond acceptors (Lipinski definition) is 5. The number of pyridine rings is 1. The van der Waals surface area contributed by atoms with Crippen LogP contribution in [-0.4, -0.2) is 53.5 Å². The largest absolute Gasteiger partial charge is 0.355 e. The first-order valence-electron chi connectivity index (χ1n) is 11.5. The van der Waals surface area contributed by atoms with Gasteiger partial charge in [-0.25, -0.2) is 4.98 Å². The van der Waals surface area contributed by atoms with E-state index in [0.29, 0.717) is 11.4 Å². The predicted molar refractivity (Wildman–Crippen MR) is 115 cm³/mol. The maximum absolute atomic E-state index is 13.1. The van der Waals surface area contributed by atoms with Gasteiger partial charge in [0, 0.05) is 31.1 Å². The fraction of sp³-hybridized carbons (Fsp3) is 0.696. The zero-order chi connectivity index (χ0) is 20.8. The molecule has 3 heterocycles. The Bertz CT molecular complexity index is 839. The third-order valence-electron chi connectivity index (χ3n) is 8.03. The number of nitrogens with zero attached hydrogens (tertiary/aromatic N) is 2. The lowest BCUT2D eigenvalue weighted by Crippen LogP contribution is -2.70. The molecular formula is C23H33N5O2. The highest BCUT2D eigenvalue weighted by molar-refractivity contribution is 6.01. The fourth-order valence-corrected chi connectivity index (χ4v) is 6.37. The zero-order valence-corrected chi connectivity index (χ0v) is 17.9. The Labute approximate surface area is 178 Å². The Kier molecular flexibility index (Phi) is 4.96. The first-order chi connectivity index (χ1) is 14.5. The van der Waals surface area contributed by atoms with Crippen LogP contribution in [0.1, 0.15) is 62.2 Å². The average Bonchev–Trinajstić information content (AvgIpc) is 2.74. The summed E-state index contributed by atoms with van der Waals surface area (Å²) in [6.45, 7) is 6.21. The summed E-state index contributed by atoms with van der Waals surface area (Å²) in [6, 6.07) is 3.59. The van der Waals surface area contributed by atoms with E-state index in [1.54, 1.807) is 18.3 Å². The van der Waals surface area contributed by atoms with Crippen LogP contribution in [0.3, 0.4) is 0 Å². The molecule has 2 amide bonds. The number of aromatic nitrogens is 1. The van der Waals surface area contributed by atoms with Crippen LogP contribution in [0.15, 0.2) is 18.3 Å². The van der Waals surface area contributed by atoms with E-state index in [0.717, 1.165) is 51.9 Å². The molecule has 7 heteroatoms. The molecule has 0 aromatic carbocycles. The smallest absolute Gasteiger partial charge is 0.256 e. The number of likely N-dealkylation sites (tertiary alicyclic amines) is 1. The number of rotatable bonds is 4. The number of carbonyl (C=O) groups is 2. The SMILES string of the molecule is C[C@@]12CC[C@@H](C[C@H]1C(=O)NCCN1CCCCC1)[C@@]1(C2)NC(=O)c2cccnc2N1. The summed E-state index contributed by atoms with van der Waals surface area (Å²) in [6.07, 6.45) is 9.21. The molecule has 2 aliphatic heterocycles. The number of piperidine rings is 1. The minimum Gasteiger partial charge on any atom is -0.355 e. The third-order valence-corrected chi connectivity index (χ3v) is 8.03. The molecule has 3 N–H and O–H groups in total. The molecule has 1 saturated heterocycles. The maximum Gasteiger partial charge on any atom is 0.256 e. The molecule has 7 nitrogen and oxygen atoms in total. The summed E-state index contributed by atoms with van der Waals surface area (Å²) in [7, 11) is 0. The van der Waals surface area contributed by atoms with Crippen LogP contribution in [0.5, 0.6) is 0 Å². The lowest BCUT2D eigenvalue weighted by molar-refractivity contribution is -0.139. The monoisotopic (exact) mass is 411 g/mol. The quantitative estimate of drug-likeness (QED) is 0.708. The van der Waals surface area contributed by atoms with Crippen LogP contribution in [0.25, 0.3) is 0 Å². The van der Waals surface area contributed by atoms with Gasteiger partial charge in [-0.05, 0) is 69.2 Å². The second-order valence-electron chi connectivity index (χ2n) is 10.00. The van der Waals surface area contributed by atoms with Crippen molar-refractivity contribution in [3.05, 3.63) is 23.9 Å². The molecule has 1 aromatic rings. The molecular weight excluding hydrogens is 378 g/mol. The molecule has 0 radical (unpaired) electrons. The molecule has 162 valence electrons. The van der Waals surface area contributed by atoms with Crippen molar-refractivity contribution in [2.45, 2.75) is 57.5 Å². The third kappa shape index (κ3) is 3.37. The van der Waals surface area contributed by atoms with Crippen molar-refractivity contribution in [3.8, 4) is 0 Å². The minimum atomic E-state index is -0.490. The van der Waals surface area contributed by atoms with Crippen LogP contribution in [0.2, 0.25) is 0 Å². The van der Waals surface area contributed by atoms with Crippen molar-refractivity contribution in [1.29, 1.82) is 0 Å². The Hall–Kier alpha value is -2.15. The van der Waals surface area contributed by atoms with Crippen LogP contribution in [-0.2, 0) is 4.79 Å². The number of amides is 2. The van der Waals surface area contributed by atoms with E-state index in [4.69, 9.17) is 0 Å². The summed E-state index contributed by atoms with van der Waals surface area (Å²) >= 11 is 0. The molecule has 6 rings (SSSR count). The van der Waals surface area contributed by atoms with Gasteiger partial charge in [0.05, 0.1) is 5.56 Å². The second kappa shape index (κ2) is 7.52. The van der Waals surface area contributed by atoms with Gasteiger partial charge in [0.1, 0.15) is 11.5 Å². The van der Waals surface area contributed by atoms with Crippen molar-refractivity contribution in [1.82, 2.24) is 20.5 Å². The number of anilines is 1. The molecule has 5 aliphatic rings. The normalized spacial score (nSPS) is 35.4. The fourth-order valence-electron chi connectivity index (χ4n) is 6.37. The predicted octanol–water partition coefficient (Wildman–Crippen LogP) is 2.36. The van der Waals surface area contributed by atoms with Gasteiger partial charge >= 0.3 is 0 Å². The Morgan fingerprint density at radius 2 is 2.13 bits per heavy atom. The summed E-state index contributed by atoms with van der Waals surface area (Å²) < 4.78 is 0. The van der Waals surface area contributed by atoms with Gasteiger partial charge < -0.3 is 20.9 Å². The molecule has 4 atom stereocenters. The van der Waals surface area contributed by atoms with E-state index >= 15 is 0 Å². The number of hydrogen-bond donors (Lipinski definition) is 3. The van der Waals surface area contributed by atoms with Crippen molar-refractivity contribution in [2.75, 3.05) is 31.5 Å². The number of fused-ring (bicyclic) bond motifs is 3. The molecule has 2 bridgehead atoms. The first-order valence-corrected chi connectivity index (χ1v) is 11.5. The highest BCUT2D eigenvalue weighted by Gasteiger charge is 2.60. The van der Waals surface area contributed by atoms with Crippen LogP contribution in [0.4, 0.5) is 5.82 Å². The van der Waals surface area contributed by atoms with Crippen LogP contribution >= 0.6 is 0 Å². The Morgan fingerprint density at radius 3 is 2.93 bits per heavy atom. The van der Waals surface area contributed by atoms with Crippen LogP contribution in [0, 0.1) is 17.3 Å². The van der Waals surface area contributed by atoms with Gasteiger partial charge in [-0.2, -0.15) is 0 Å². The topological polar surface area (TPSA) is 86.4 Å². The summed E-state index contributed by atoms with van der Waals surface area (Å²) in [4.78, 5) is 32.8. The first kappa shape index (κ1) is 19.8. The molecule has 1 aromatic heterocycles. The van der Waals surface area contributed by atoms with E-state index in [2.05, 4.69) is 32.8 Å². The van der Waals surface area contributed by atoms with Gasteiger partial charge in [-0.3, -0.25) is 9.59 Å². The van der Waals surface area contributed by atoms with E-state index < -0.39 is 5.66 Å². The lowest BCUT2D eigenvalue weighted by atomic mass is 9.51.